The average molecular weight is 266 g/mol. The third-order valence-corrected chi connectivity index (χ3v) is 3.81. The first-order valence-corrected chi connectivity index (χ1v) is 6.65. The van der Waals surface area contributed by atoms with Crippen LogP contribution in [0, 0.1) is 0 Å². The number of rotatable bonds is 3. The molecule has 0 bridgehead atoms. The van der Waals surface area contributed by atoms with Crippen LogP contribution in [0.15, 0.2) is 47.1 Å². The van der Waals surface area contributed by atoms with Gasteiger partial charge in [0.1, 0.15) is 0 Å². The van der Waals surface area contributed by atoms with Gasteiger partial charge in [0.25, 0.3) is 0 Å². The molecule has 0 spiro atoms. The highest BCUT2D eigenvalue weighted by Gasteiger charge is 2.38. The number of nitrogens with zero attached hydrogens (tertiary/aromatic N) is 2. The van der Waals surface area contributed by atoms with E-state index in [1.165, 1.54) is 5.56 Å². The quantitative estimate of drug-likeness (QED) is 0.713. The Labute approximate surface area is 115 Å². The van der Waals surface area contributed by atoms with Gasteiger partial charge in [0.05, 0.1) is 11.4 Å². The van der Waals surface area contributed by atoms with Crippen molar-refractivity contribution in [3.63, 3.8) is 0 Å². The first-order valence-electron chi connectivity index (χ1n) is 6.65. The summed E-state index contributed by atoms with van der Waals surface area (Å²) in [6.45, 7) is 0. The van der Waals surface area contributed by atoms with E-state index in [-0.39, 0.29) is 0 Å². The molecular weight excluding hydrogens is 252 g/mol. The van der Waals surface area contributed by atoms with E-state index in [1.807, 2.05) is 18.2 Å². The van der Waals surface area contributed by atoms with Gasteiger partial charge in [0.2, 0.25) is 0 Å². The summed E-state index contributed by atoms with van der Waals surface area (Å²) in [6, 6.07) is 14.7. The molecule has 3 N–H and O–H groups in total. The molecule has 0 aliphatic heterocycles. The van der Waals surface area contributed by atoms with E-state index in [0.717, 1.165) is 12.1 Å². The van der Waals surface area contributed by atoms with Crippen molar-refractivity contribution in [2.24, 2.45) is 0 Å². The van der Waals surface area contributed by atoms with Crippen LogP contribution in [0.1, 0.15) is 17.9 Å². The highest BCUT2D eigenvalue weighted by molar-refractivity contribution is 5.95. The highest BCUT2D eigenvalue weighted by Crippen LogP contribution is 2.43. The number of hydrogen-bond donors (Lipinski definition) is 2. The van der Waals surface area contributed by atoms with E-state index in [4.69, 9.17) is 10.4 Å². The molecule has 3 aromatic rings. The van der Waals surface area contributed by atoms with Gasteiger partial charge in [0.15, 0.2) is 11.0 Å². The van der Waals surface area contributed by atoms with Crippen LogP contribution in [0.2, 0.25) is 0 Å². The molecule has 5 nitrogen and oxygen atoms in total. The monoisotopic (exact) mass is 266 g/mol. The SMILES string of the molecule is Nc1ccc(NC2CC2c2ccccc2)c2nonc12. The van der Waals surface area contributed by atoms with E-state index in [9.17, 15) is 0 Å². The number of nitrogen functional groups attached to an aromatic ring is 1. The molecule has 1 fully saturated rings. The lowest BCUT2D eigenvalue weighted by Crippen LogP contribution is -2.05. The Morgan fingerprint density at radius 2 is 1.85 bits per heavy atom. The van der Waals surface area contributed by atoms with Crippen LogP contribution in [0.3, 0.4) is 0 Å². The summed E-state index contributed by atoms with van der Waals surface area (Å²) in [5, 5.41) is 11.3. The second-order valence-electron chi connectivity index (χ2n) is 5.17. The molecule has 1 heterocycles. The van der Waals surface area contributed by atoms with Crippen molar-refractivity contribution in [1.82, 2.24) is 10.3 Å². The van der Waals surface area contributed by atoms with Gasteiger partial charge in [0, 0.05) is 12.0 Å². The Bertz CT molecular complexity index is 753. The lowest BCUT2D eigenvalue weighted by Gasteiger charge is -2.06. The molecule has 5 heteroatoms. The maximum absolute atomic E-state index is 5.84. The van der Waals surface area contributed by atoms with Crippen LogP contribution in [-0.4, -0.2) is 16.4 Å². The third kappa shape index (κ3) is 1.79. The Morgan fingerprint density at radius 3 is 2.70 bits per heavy atom. The topological polar surface area (TPSA) is 77.0 Å². The summed E-state index contributed by atoms with van der Waals surface area (Å²) in [5.41, 5.74) is 10.0. The molecule has 0 amide bonds. The van der Waals surface area contributed by atoms with E-state index < -0.39 is 0 Å². The molecule has 2 aromatic carbocycles. The van der Waals surface area contributed by atoms with Crippen molar-refractivity contribution >= 4 is 22.4 Å². The lowest BCUT2D eigenvalue weighted by molar-refractivity contribution is 0.316. The van der Waals surface area contributed by atoms with Gasteiger partial charge in [-0.2, -0.15) is 0 Å². The van der Waals surface area contributed by atoms with E-state index in [1.54, 1.807) is 0 Å². The largest absolute Gasteiger partial charge is 0.397 e. The Balaban J connectivity index is 1.58. The zero-order valence-electron chi connectivity index (χ0n) is 10.8. The molecule has 0 radical (unpaired) electrons. The molecule has 100 valence electrons. The predicted molar refractivity (Wildman–Crippen MR) is 77.4 cm³/mol. The normalized spacial score (nSPS) is 21.0. The molecule has 20 heavy (non-hydrogen) atoms. The number of nitrogens with two attached hydrogens (primary N) is 1. The predicted octanol–water partition coefficient (Wildman–Crippen LogP) is 2.77. The van der Waals surface area contributed by atoms with Gasteiger partial charge >= 0.3 is 0 Å². The van der Waals surface area contributed by atoms with Crippen molar-refractivity contribution < 1.29 is 4.63 Å². The number of aromatic nitrogens is 2. The molecule has 1 aromatic heterocycles. The van der Waals surface area contributed by atoms with Crippen molar-refractivity contribution in [3.05, 3.63) is 48.0 Å². The smallest absolute Gasteiger partial charge is 0.160 e. The molecule has 4 rings (SSSR count). The van der Waals surface area contributed by atoms with E-state index >= 15 is 0 Å². The zero-order valence-corrected chi connectivity index (χ0v) is 10.8. The van der Waals surface area contributed by atoms with Gasteiger partial charge in [-0.05, 0) is 34.4 Å². The van der Waals surface area contributed by atoms with Crippen molar-refractivity contribution in [2.75, 3.05) is 11.1 Å². The summed E-state index contributed by atoms with van der Waals surface area (Å²) in [5.74, 6) is 0.559. The Hall–Kier alpha value is -2.56. The first-order chi connectivity index (χ1) is 9.83. The highest BCUT2D eigenvalue weighted by atomic mass is 16.6. The average Bonchev–Trinajstić information content (AvgIpc) is 3.06. The second kappa shape index (κ2) is 4.23. The third-order valence-electron chi connectivity index (χ3n) is 3.81. The van der Waals surface area contributed by atoms with Crippen LogP contribution in [-0.2, 0) is 0 Å². The second-order valence-corrected chi connectivity index (χ2v) is 5.17. The summed E-state index contributed by atoms with van der Waals surface area (Å²) in [4.78, 5) is 0. The van der Waals surface area contributed by atoms with E-state index in [2.05, 4.69) is 39.9 Å². The summed E-state index contributed by atoms with van der Waals surface area (Å²) in [6.07, 6.45) is 1.13. The van der Waals surface area contributed by atoms with Crippen LogP contribution >= 0.6 is 0 Å². The van der Waals surface area contributed by atoms with Gasteiger partial charge in [-0.15, -0.1) is 0 Å². The number of benzene rings is 2. The van der Waals surface area contributed by atoms with Crippen molar-refractivity contribution in [2.45, 2.75) is 18.4 Å². The van der Waals surface area contributed by atoms with E-state index in [0.29, 0.717) is 28.7 Å². The fraction of sp³-hybridized carbons (Fsp3) is 0.200. The van der Waals surface area contributed by atoms with Gasteiger partial charge in [-0.3, -0.25) is 0 Å². The fourth-order valence-corrected chi connectivity index (χ4v) is 2.63. The van der Waals surface area contributed by atoms with Crippen molar-refractivity contribution in [3.8, 4) is 0 Å². The van der Waals surface area contributed by atoms with Crippen LogP contribution in [0.4, 0.5) is 11.4 Å². The Kier molecular flexibility index (Phi) is 2.39. The zero-order chi connectivity index (χ0) is 13.5. The maximum atomic E-state index is 5.84. The molecule has 1 saturated carbocycles. The van der Waals surface area contributed by atoms with Gasteiger partial charge < -0.3 is 11.1 Å². The number of anilines is 2. The molecule has 2 atom stereocenters. The minimum atomic E-state index is 0.431. The van der Waals surface area contributed by atoms with Gasteiger partial charge in [-0.25, -0.2) is 4.63 Å². The lowest BCUT2D eigenvalue weighted by atomic mass is 10.1. The summed E-state index contributed by atoms with van der Waals surface area (Å²) >= 11 is 0. The van der Waals surface area contributed by atoms with Crippen LogP contribution < -0.4 is 11.1 Å². The number of fused-ring (bicyclic) bond motifs is 1. The number of nitrogens with one attached hydrogen (secondary N) is 1. The number of hydrogen-bond acceptors (Lipinski definition) is 5. The summed E-state index contributed by atoms with van der Waals surface area (Å²) in [7, 11) is 0. The maximum Gasteiger partial charge on any atom is 0.160 e. The van der Waals surface area contributed by atoms with Crippen molar-refractivity contribution in [1.29, 1.82) is 0 Å². The van der Waals surface area contributed by atoms with Crippen LogP contribution in [0.5, 0.6) is 0 Å². The minimum Gasteiger partial charge on any atom is -0.397 e. The molecular formula is C15H14N4O. The van der Waals surface area contributed by atoms with Gasteiger partial charge in [-0.1, -0.05) is 30.3 Å². The Morgan fingerprint density at radius 1 is 1.05 bits per heavy atom. The molecule has 2 unspecified atom stereocenters. The summed E-state index contributed by atoms with van der Waals surface area (Å²) < 4.78 is 4.78. The molecule has 1 aliphatic carbocycles. The first kappa shape index (κ1) is 11.3. The fourth-order valence-electron chi connectivity index (χ4n) is 2.63. The standard InChI is InChI=1S/C15H14N4O/c16-11-6-7-12(15-14(11)18-20-19-15)17-13-8-10(13)9-4-2-1-3-5-9/h1-7,10,13,17H,8,16H2. The molecule has 0 saturated heterocycles. The minimum absolute atomic E-state index is 0.431. The molecule has 1 aliphatic rings. The van der Waals surface area contributed by atoms with Crippen LogP contribution in [0.25, 0.3) is 11.0 Å².